The van der Waals surface area contributed by atoms with E-state index in [9.17, 15) is 13.2 Å². The number of halogens is 3. The van der Waals surface area contributed by atoms with E-state index in [1.54, 1.807) is 32.5 Å². The first kappa shape index (κ1) is 28.2. The van der Waals surface area contributed by atoms with Crippen LogP contribution in [0.15, 0.2) is 36.5 Å². The number of aromatic nitrogens is 3. The van der Waals surface area contributed by atoms with E-state index in [-0.39, 0.29) is 6.54 Å². The molecule has 0 amide bonds. The summed E-state index contributed by atoms with van der Waals surface area (Å²) in [6, 6.07) is 7.49. The molecule has 0 bridgehead atoms. The number of hydrogen-bond acceptors (Lipinski definition) is 8. The number of benzene rings is 1. The quantitative estimate of drug-likeness (QED) is 0.270. The molecule has 0 aliphatic heterocycles. The van der Waals surface area contributed by atoms with Crippen molar-refractivity contribution in [2.75, 3.05) is 31.4 Å². The van der Waals surface area contributed by atoms with E-state index in [4.69, 9.17) is 9.47 Å². The van der Waals surface area contributed by atoms with Gasteiger partial charge in [0.25, 0.3) is 0 Å². The molecule has 3 aromatic rings. The molecule has 0 saturated carbocycles. The highest BCUT2D eigenvalue weighted by atomic mass is 19.4. The minimum absolute atomic E-state index is 0.0951. The van der Waals surface area contributed by atoms with E-state index in [2.05, 4.69) is 30.9 Å². The molecule has 11 heteroatoms. The molecule has 1 aromatic carbocycles. The summed E-state index contributed by atoms with van der Waals surface area (Å²) >= 11 is 0. The fourth-order valence-electron chi connectivity index (χ4n) is 3.85. The number of unbranched alkanes of at least 4 members (excludes halogenated alkanes) is 1. The summed E-state index contributed by atoms with van der Waals surface area (Å²) in [5, 5.41) is 9.25. The van der Waals surface area contributed by atoms with Crippen LogP contribution in [0.3, 0.4) is 0 Å². The minimum atomic E-state index is -4.32. The van der Waals surface area contributed by atoms with Crippen molar-refractivity contribution >= 4 is 22.8 Å². The molecule has 0 saturated heterocycles. The maximum atomic E-state index is 13.1. The molecule has 0 spiro atoms. The third kappa shape index (κ3) is 7.58. The molecule has 0 radical (unpaired) electrons. The van der Waals surface area contributed by atoms with Crippen LogP contribution in [0.25, 0.3) is 11.0 Å². The average molecular weight is 521 g/mol. The molecule has 8 nitrogen and oxygen atoms in total. The van der Waals surface area contributed by atoms with Crippen LogP contribution in [-0.2, 0) is 6.54 Å². The maximum Gasteiger partial charge on any atom is 0.403 e. The Morgan fingerprint density at radius 3 is 2.54 bits per heavy atom. The summed E-state index contributed by atoms with van der Waals surface area (Å²) in [5.41, 5.74) is 1.33. The third-order valence-electron chi connectivity index (χ3n) is 6.18. The Bertz CT molecular complexity index is 1180. The normalized spacial score (nSPS) is 14.2. The Kier molecular flexibility index (Phi) is 9.36. The molecule has 0 aliphatic rings. The van der Waals surface area contributed by atoms with E-state index >= 15 is 0 Å². The molecule has 3 N–H and O–H groups in total. The van der Waals surface area contributed by atoms with Gasteiger partial charge in [0.05, 0.1) is 19.7 Å². The number of fused-ring (bicyclic) bond motifs is 1. The van der Waals surface area contributed by atoms with Gasteiger partial charge < -0.3 is 25.4 Å². The lowest BCUT2D eigenvalue weighted by atomic mass is 9.94. The summed E-state index contributed by atoms with van der Waals surface area (Å²) in [7, 11) is 3.18. The van der Waals surface area contributed by atoms with Crippen LogP contribution in [0, 0.1) is 0 Å². The van der Waals surface area contributed by atoms with Gasteiger partial charge in [-0.05, 0) is 44.5 Å². The Morgan fingerprint density at radius 2 is 1.86 bits per heavy atom. The zero-order chi connectivity index (χ0) is 27.1. The van der Waals surface area contributed by atoms with E-state index in [1.807, 2.05) is 32.0 Å². The van der Waals surface area contributed by atoms with Crippen molar-refractivity contribution in [3.8, 4) is 11.5 Å². The molecule has 37 heavy (non-hydrogen) atoms. The van der Waals surface area contributed by atoms with Crippen molar-refractivity contribution in [3.05, 3.63) is 42.1 Å². The second-order valence-electron chi connectivity index (χ2n) is 9.23. The topological polar surface area (TPSA) is 93.2 Å². The predicted octanol–water partition coefficient (Wildman–Crippen LogP) is 5.56. The van der Waals surface area contributed by atoms with Gasteiger partial charge in [-0.1, -0.05) is 19.8 Å². The van der Waals surface area contributed by atoms with Crippen LogP contribution in [0.5, 0.6) is 11.5 Å². The summed E-state index contributed by atoms with van der Waals surface area (Å²) < 4.78 is 50.2. The highest BCUT2D eigenvalue weighted by Gasteiger charge is 2.37. The molecule has 2 atom stereocenters. The van der Waals surface area contributed by atoms with E-state index in [1.165, 1.54) is 0 Å². The summed E-state index contributed by atoms with van der Waals surface area (Å²) in [4.78, 5) is 13.7. The van der Waals surface area contributed by atoms with Gasteiger partial charge in [0, 0.05) is 36.5 Å². The number of rotatable bonds is 13. The van der Waals surface area contributed by atoms with E-state index in [0.29, 0.717) is 47.3 Å². The maximum absolute atomic E-state index is 13.1. The van der Waals surface area contributed by atoms with Crippen molar-refractivity contribution < 1.29 is 22.6 Å². The van der Waals surface area contributed by atoms with Crippen LogP contribution < -0.4 is 25.4 Å². The monoisotopic (exact) mass is 520 g/mol. The Hall–Kier alpha value is -3.34. The first-order valence-corrected chi connectivity index (χ1v) is 12.2. The van der Waals surface area contributed by atoms with E-state index < -0.39 is 17.8 Å². The van der Waals surface area contributed by atoms with Gasteiger partial charge in [-0.25, -0.2) is 4.98 Å². The highest BCUT2D eigenvalue weighted by Crippen LogP contribution is 2.28. The number of pyridine rings is 1. The molecular weight excluding hydrogens is 485 g/mol. The largest absolute Gasteiger partial charge is 0.497 e. The zero-order valence-corrected chi connectivity index (χ0v) is 21.9. The molecule has 0 aliphatic carbocycles. The Morgan fingerprint density at radius 1 is 1.08 bits per heavy atom. The van der Waals surface area contributed by atoms with E-state index in [0.717, 1.165) is 25.3 Å². The first-order chi connectivity index (χ1) is 17.6. The third-order valence-corrected chi connectivity index (χ3v) is 6.18. The van der Waals surface area contributed by atoms with Crippen LogP contribution in [0.4, 0.5) is 24.9 Å². The Labute approximate surface area is 215 Å². The number of ether oxygens (including phenoxy) is 2. The molecule has 0 fully saturated rings. The summed E-state index contributed by atoms with van der Waals surface area (Å²) in [5.74, 6) is 2.15. The number of anilines is 2. The molecule has 3 rings (SSSR count). The van der Waals surface area contributed by atoms with Gasteiger partial charge in [-0.15, -0.1) is 0 Å². The molecule has 202 valence electrons. The lowest BCUT2D eigenvalue weighted by molar-refractivity contribution is -0.151. The number of methoxy groups -OCH3 is 2. The molecule has 2 heterocycles. The van der Waals surface area contributed by atoms with Crippen molar-refractivity contribution in [1.82, 2.24) is 20.3 Å². The summed E-state index contributed by atoms with van der Waals surface area (Å²) in [6.45, 7) is 5.54. The minimum Gasteiger partial charge on any atom is -0.497 e. The fraction of sp³-hybridized carbons (Fsp3) is 0.500. The van der Waals surface area contributed by atoms with Gasteiger partial charge in [-0.3, -0.25) is 4.98 Å². The number of nitrogens with one attached hydrogen (secondary N) is 3. The second kappa shape index (κ2) is 12.3. The molecular formula is C26H35F3N6O2. The standard InChI is InChI=1S/C26H35F3N6O2/c1-6-7-12-25(3,16-32-17(2)26(27,28)29)35-23-22-20(9-8-13-30-22)33-24(34-23)31-15-18-10-11-19(36-4)14-21(18)37-5/h8-11,13-14,17,32H,6-7,12,15-16H2,1-5H3,(H2,31,33,34,35)/t17-,25+/m0/s1. The lowest BCUT2D eigenvalue weighted by Gasteiger charge is -2.34. The van der Waals surface area contributed by atoms with Crippen molar-refractivity contribution in [1.29, 1.82) is 0 Å². The van der Waals surface area contributed by atoms with Crippen LogP contribution >= 0.6 is 0 Å². The first-order valence-electron chi connectivity index (χ1n) is 12.2. The van der Waals surface area contributed by atoms with Gasteiger partial charge in [0.2, 0.25) is 5.95 Å². The van der Waals surface area contributed by atoms with Gasteiger partial charge in [0.1, 0.15) is 23.1 Å². The van der Waals surface area contributed by atoms with Crippen LogP contribution in [0.1, 0.15) is 45.6 Å². The molecule has 0 unspecified atom stereocenters. The number of hydrogen-bond donors (Lipinski definition) is 3. The van der Waals surface area contributed by atoms with Gasteiger partial charge >= 0.3 is 6.18 Å². The number of alkyl halides is 3. The lowest BCUT2D eigenvalue weighted by Crippen LogP contribution is -2.50. The zero-order valence-electron chi connectivity index (χ0n) is 21.9. The Balaban J connectivity index is 1.88. The van der Waals surface area contributed by atoms with Crippen LogP contribution in [-0.4, -0.2) is 53.5 Å². The van der Waals surface area contributed by atoms with Crippen molar-refractivity contribution in [2.24, 2.45) is 0 Å². The fourth-order valence-corrected chi connectivity index (χ4v) is 3.85. The van der Waals surface area contributed by atoms with Gasteiger partial charge in [-0.2, -0.15) is 18.2 Å². The van der Waals surface area contributed by atoms with Crippen LogP contribution in [0.2, 0.25) is 0 Å². The molecule has 2 aromatic heterocycles. The van der Waals surface area contributed by atoms with Gasteiger partial charge in [0.15, 0.2) is 5.82 Å². The number of nitrogens with zero attached hydrogens (tertiary/aromatic N) is 3. The second-order valence-corrected chi connectivity index (χ2v) is 9.23. The average Bonchev–Trinajstić information content (AvgIpc) is 2.88. The summed E-state index contributed by atoms with van der Waals surface area (Å²) in [6.07, 6.45) is -0.297. The highest BCUT2D eigenvalue weighted by molar-refractivity contribution is 5.86. The smallest absolute Gasteiger partial charge is 0.403 e. The van der Waals surface area contributed by atoms with Crippen molar-refractivity contribution in [2.45, 2.75) is 64.3 Å². The SMILES string of the molecule is CCCC[C@](C)(CN[C@@H](C)C(F)(F)F)Nc1nc(NCc2ccc(OC)cc2OC)nc2cccnc12. The van der Waals surface area contributed by atoms with Crippen molar-refractivity contribution in [3.63, 3.8) is 0 Å². The predicted molar refractivity (Wildman–Crippen MR) is 139 cm³/mol.